The molecule has 0 aromatic rings. The van der Waals surface area contributed by atoms with E-state index in [-0.39, 0.29) is 5.41 Å². The van der Waals surface area contributed by atoms with Crippen LogP contribution >= 0.6 is 0 Å². The Balaban J connectivity index is 1.50. The van der Waals surface area contributed by atoms with Gasteiger partial charge in [-0.05, 0) is 58.5 Å². The Morgan fingerprint density at radius 3 is 2.25 bits per heavy atom. The van der Waals surface area contributed by atoms with E-state index >= 15 is 0 Å². The van der Waals surface area contributed by atoms with Gasteiger partial charge in [-0.25, -0.2) is 0 Å². The van der Waals surface area contributed by atoms with Crippen LogP contribution in [-0.4, -0.2) is 61.1 Å². The van der Waals surface area contributed by atoms with Crippen molar-refractivity contribution in [1.82, 2.24) is 9.80 Å². The highest BCUT2D eigenvalue weighted by molar-refractivity contribution is 5.83. The molecule has 4 nitrogen and oxygen atoms in total. The Kier molecular flexibility index (Phi) is 4.04. The SMILES string of the molecule is CC(C1CCN(C(=O)C2(C)COC2)CC1)N1CCCC1. The second kappa shape index (κ2) is 5.64. The summed E-state index contributed by atoms with van der Waals surface area (Å²) in [5, 5.41) is 0. The van der Waals surface area contributed by atoms with Gasteiger partial charge in [0.1, 0.15) is 0 Å². The third-order valence-corrected chi connectivity index (χ3v) is 5.58. The Morgan fingerprint density at radius 1 is 1.15 bits per heavy atom. The molecule has 0 saturated carbocycles. The maximum absolute atomic E-state index is 12.5. The largest absolute Gasteiger partial charge is 0.379 e. The van der Waals surface area contributed by atoms with E-state index in [0.717, 1.165) is 19.0 Å². The number of carbonyl (C=O) groups is 1. The highest BCUT2D eigenvalue weighted by Gasteiger charge is 2.44. The molecule has 3 fully saturated rings. The van der Waals surface area contributed by atoms with Gasteiger partial charge in [0, 0.05) is 19.1 Å². The van der Waals surface area contributed by atoms with E-state index in [1.54, 1.807) is 0 Å². The van der Waals surface area contributed by atoms with Gasteiger partial charge in [0.15, 0.2) is 0 Å². The molecule has 0 radical (unpaired) electrons. The number of hydrogen-bond acceptors (Lipinski definition) is 3. The second-order valence-electron chi connectivity index (χ2n) is 7.17. The third kappa shape index (κ3) is 2.60. The van der Waals surface area contributed by atoms with E-state index in [4.69, 9.17) is 4.74 Å². The summed E-state index contributed by atoms with van der Waals surface area (Å²) in [5.41, 5.74) is -0.229. The van der Waals surface area contributed by atoms with Crippen LogP contribution in [0.2, 0.25) is 0 Å². The summed E-state index contributed by atoms with van der Waals surface area (Å²) in [5.74, 6) is 1.08. The van der Waals surface area contributed by atoms with Crippen molar-refractivity contribution in [3.8, 4) is 0 Å². The number of carbonyl (C=O) groups excluding carboxylic acids is 1. The molecule has 0 bridgehead atoms. The molecule has 3 aliphatic rings. The molecule has 1 unspecified atom stereocenters. The number of nitrogens with zero attached hydrogens (tertiary/aromatic N) is 2. The zero-order valence-corrected chi connectivity index (χ0v) is 12.9. The van der Waals surface area contributed by atoms with Gasteiger partial charge in [-0.15, -0.1) is 0 Å². The highest BCUT2D eigenvalue weighted by atomic mass is 16.5. The molecule has 0 aromatic heterocycles. The number of hydrogen-bond donors (Lipinski definition) is 0. The molecule has 3 saturated heterocycles. The maximum Gasteiger partial charge on any atom is 0.233 e. The van der Waals surface area contributed by atoms with Gasteiger partial charge in [-0.1, -0.05) is 0 Å². The molecule has 20 heavy (non-hydrogen) atoms. The Hall–Kier alpha value is -0.610. The quantitative estimate of drug-likeness (QED) is 0.789. The molecule has 0 spiro atoms. The van der Waals surface area contributed by atoms with Gasteiger partial charge < -0.3 is 14.5 Å². The average Bonchev–Trinajstić information content (AvgIpc) is 2.97. The summed E-state index contributed by atoms with van der Waals surface area (Å²) >= 11 is 0. The molecule has 3 aliphatic heterocycles. The van der Waals surface area contributed by atoms with Crippen LogP contribution in [0, 0.1) is 11.3 Å². The van der Waals surface area contributed by atoms with Gasteiger partial charge in [-0.3, -0.25) is 4.79 Å². The van der Waals surface area contributed by atoms with Crippen molar-refractivity contribution in [2.75, 3.05) is 39.4 Å². The first-order chi connectivity index (χ1) is 9.60. The van der Waals surface area contributed by atoms with Crippen molar-refractivity contribution < 1.29 is 9.53 Å². The van der Waals surface area contributed by atoms with Crippen LogP contribution in [0.1, 0.15) is 39.5 Å². The molecule has 114 valence electrons. The molecule has 0 N–H and O–H groups in total. The predicted octanol–water partition coefficient (Wildman–Crippen LogP) is 1.75. The van der Waals surface area contributed by atoms with Crippen molar-refractivity contribution in [2.45, 2.75) is 45.6 Å². The van der Waals surface area contributed by atoms with Crippen LogP contribution in [0.25, 0.3) is 0 Å². The molecule has 3 heterocycles. The van der Waals surface area contributed by atoms with E-state index in [1.165, 1.54) is 38.8 Å². The van der Waals surface area contributed by atoms with Gasteiger partial charge in [0.2, 0.25) is 5.91 Å². The predicted molar refractivity (Wildman–Crippen MR) is 78.5 cm³/mol. The molecule has 1 amide bonds. The number of ether oxygens (including phenoxy) is 1. The fourth-order valence-corrected chi connectivity index (χ4v) is 3.95. The van der Waals surface area contributed by atoms with Crippen molar-refractivity contribution >= 4 is 5.91 Å². The third-order valence-electron chi connectivity index (χ3n) is 5.58. The maximum atomic E-state index is 12.5. The van der Waals surface area contributed by atoms with Gasteiger partial charge in [0.05, 0.1) is 18.6 Å². The van der Waals surface area contributed by atoms with E-state index in [2.05, 4.69) is 16.7 Å². The summed E-state index contributed by atoms with van der Waals surface area (Å²) in [4.78, 5) is 17.2. The van der Waals surface area contributed by atoms with Crippen molar-refractivity contribution in [3.05, 3.63) is 0 Å². The van der Waals surface area contributed by atoms with Gasteiger partial charge in [0.25, 0.3) is 0 Å². The second-order valence-corrected chi connectivity index (χ2v) is 7.17. The fourth-order valence-electron chi connectivity index (χ4n) is 3.95. The van der Waals surface area contributed by atoms with Crippen molar-refractivity contribution in [3.63, 3.8) is 0 Å². The number of amides is 1. The van der Waals surface area contributed by atoms with E-state index in [1.807, 2.05) is 6.92 Å². The molecular weight excluding hydrogens is 252 g/mol. The van der Waals surface area contributed by atoms with Crippen molar-refractivity contribution in [1.29, 1.82) is 0 Å². The zero-order chi connectivity index (χ0) is 14.2. The topological polar surface area (TPSA) is 32.8 Å². The molecular formula is C16H28N2O2. The van der Waals surface area contributed by atoms with Crippen LogP contribution < -0.4 is 0 Å². The standard InChI is InChI=1S/C16H28N2O2/c1-13(17-7-3-4-8-17)14-5-9-18(10-6-14)15(19)16(2)11-20-12-16/h13-14H,3-12H2,1-2H3. The number of likely N-dealkylation sites (tertiary alicyclic amines) is 2. The molecule has 0 aromatic carbocycles. The zero-order valence-electron chi connectivity index (χ0n) is 12.9. The molecule has 1 atom stereocenters. The van der Waals surface area contributed by atoms with Crippen molar-refractivity contribution in [2.24, 2.45) is 11.3 Å². The highest BCUT2D eigenvalue weighted by Crippen LogP contribution is 2.32. The van der Waals surface area contributed by atoms with Gasteiger partial charge in [-0.2, -0.15) is 0 Å². The smallest absolute Gasteiger partial charge is 0.233 e. The van der Waals surface area contributed by atoms with Crippen LogP contribution in [0.4, 0.5) is 0 Å². The van der Waals surface area contributed by atoms with Crippen LogP contribution in [-0.2, 0) is 9.53 Å². The van der Waals surface area contributed by atoms with Crippen LogP contribution in [0.3, 0.4) is 0 Å². The van der Waals surface area contributed by atoms with Gasteiger partial charge >= 0.3 is 0 Å². The lowest BCUT2D eigenvalue weighted by Gasteiger charge is -2.44. The first kappa shape index (κ1) is 14.3. The normalized spacial score (nSPS) is 29.2. The molecule has 4 heteroatoms. The Labute approximate surface area is 122 Å². The average molecular weight is 280 g/mol. The summed E-state index contributed by atoms with van der Waals surface area (Å²) in [7, 11) is 0. The minimum Gasteiger partial charge on any atom is -0.379 e. The first-order valence-electron chi connectivity index (χ1n) is 8.21. The van der Waals surface area contributed by atoms with E-state index in [9.17, 15) is 4.79 Å². The minimum absolute atomic E-state index is 0.229. The Morgan fingerprint density at radius 2 is 1.75 bits per heavy atom. The molecule has 3 rings (SSSR count). The lowest BCUT2D eigenvalue weighted by molar-refractivity contribution is -0.170. The molecule has 0 aliphatic carbocycles. The summed E-state index contributed by atoms with van der Waals surface area (Å²) < 4.78 is 5.22. The number of rotatable bonds is 3. The van der Waals surface area contributed by atoms with E-state index in [0.29, 0.717) is 25.2 Å². The van der Waals surface area contributed by atoms with Crippen LogP contribution in [0.5, 0.6) is 0 Å². The van der Waals surface area contributed by atoms with E-state index < -0.39 is 0 Å². The number of piperidine rings is 1. The summed E-state index contributed by atoms with van der Waals surface area (Å²) in [6, 6.07) is 0.692. The lowest BCUT2D eigenvalue weighted by Crippen LogP contribution is -2.55. The minimum atomic E-state index is -0.229. The summed E-state index contributed by atoms with van der Waals surface area (Å²) in [6.07, 6.45) is 5.06. The monoisotopic (exact) mass is 280 g/mol. The first-order valence-corrected chi connectivity index (χ1v) is 8.21. The fraction of sp³-hybridized carbons (Fsp3) is 0.938. The Bertz CT molecular complexity index is 353. The lowest BCUT2D eigenvalue weighted by atomic mass is 9.84. The summed E-state index contributed by atoms with van der Waals surface area (Å²) in [6.45, 7) is 10.1. The van der Waals surface area contributed by atoms with Crippen LogP contribution in [0.15, 0.2) is 0 Å².